The van der Waals surface area contributed by atoms with Crippen LogP contribution in [0.25, 0.3) is 11.2 Å². The number of halogens is 1. The Morgan fingerprint density at radius 1 is 1.06 bits per heavy atom. The summed E-state index contributed by atoms with van der Waals surface area (Å²) in [4.78, 5) is 25.2. The average Bonchev–Trinajstić information content (AvgIpc) is 3.44. The molecule has 2 aromatic carbocycles. The normalized spacial score (nSPS) is 21.7. The number of hydrogen-bond donors (Lipinski definition) is 4. The maximum absolute atomic E-state index is 11.9. The van der Waals surface area contributed by atoms with Crippen molar-refractivity contribution in [2.24, 2.45) is 0 Å². The number of imidazole rings is 1. The molecule has 9 nitrogen and oxygen atoms in total. The molecule has 2 aromatic heterocycles. The topological polar surface area (TPSA) is 125 Å². The lowest BCUT2D eigenvalue weighted by atomic mass is 9.99. The van der Waals surface area contributed by atoms with Crippen LogP contribution in [-0.2, 0) is 4.79 Å². The first-order valence-electron chi connectivity index (χ1n) is 11.9. The van der Waals surface area contributed by atoms with Crippen LogP contribution < -0.4 is 10.6 Å². The van der Waals surface area contributed by atoms with E-state index in [1.165, 1.54) is 0 Å². The molecule has 1 amide bonds. The first kappa shape index (κ1) is 24.2. The van der Waals surface area contributed by atoms with Gasteiger partial charge in [0.2, 0.25) is 11.2 Å². The summed E-state index contributed by atoms with van der Waals surface area (Å²) >= 11 is 6.34. The minimum atomic E-state index is -1.11. The highest BCUT2D eigenvalue weighted by Gasteiger charge is 2.43. The molecule has 1 aliphatic carbocycles. The zero-order valence-electron chi connectivity index (χ0n) is 19.6. The lowest BCUT2D eigenvalue weighted by Gasteiger charge is -2.21. The van der Waals surface area contributed by atoms with E-state index in [4.69, 9.17) is 11.6 Å². The van der Waals surface area contributed by atoms with Crippen molar-refractivity contribution in [3.05, 3.63) is 83.4 Å². The Hall–Kier alpha value is -3.53. The van der Waals surface area contributed by atoms with Gasteiger partial charge in [-0.25, -0.2) is 4.98 Å². The molecule has 4 aromatic rings. The first-order valence-corrected chi connectivity index (χ1v) is 12.3. The molecular weight excluding hydrogens is 480 g/mol. The molecule has 0 spiro atoms. The molecule has 36 heavy (non-hydrogen) atoms. The van der Waals surface area contributed by atoms with Crippen LogP contribution in [0.4, 0.5) is 5.82 Å². The van der Waals surface area contributed by atoms with E-state index < -0.39 is 24.3 Å². The van der Waals surface area contributed by atoms with Gasteiger partial charge in [0.1, 0.15) is 12.2 Å². The molecule has 0 bridgehead atoms. The molecular formula is C26H27ClN6O3. The third-order valence-electron chi connectivity index (χ3n) is 6.62. The van der Waals surface area contributed by atoms with Crippen molar-refractivity contribution in [1.29, 1.82) is 0 Å². The van der Waals surface area contributed by atoms with E-state index in [0.29, 0.717) is 29.8 Å². The number of fused-ring (bicyclic) bond motifs is 1. The number of rotatable bonds is 7. The fourth-order valence-electron chi connectivity index (χ4n) is 4.76. The maximum Gasteiger partial charge on any atom is 0.226 e. The van der Waals surface area contributed by atoms with E-state index in [2.05, 4.69) is 25.6 Å². The van der Waals surface area contributed by atoms with Crippen LogP contribution >= 0.6 is 11.6 Å². The van der Waals surface area contributed by atoms with Crippen molar-refractivity contribution in [1.82, 2.24) is 24.8 Å². The van der Waals surface area contributed by atoms with E-state index in [9.17, 15) is 15.0 Å². The van der Waals surface area contributed by atoms with Gasteiger partial charge < -0.3 is 25.4 Å². The van der Waals surface area contributed by atoms with Crippen LogP contribution in [-0.4, -0.2) is 53.9 Å². The second-order valence-corrected chi connectivity index (χ2v) is 9.21. The van der Waals surface area contributed by atoms with Gasteiger partial charge in [-0.05, 0) is 29.1 Å². The molecule has 0 saturated heterocycles. The van der Waals surface area contributed by atoms with Gasteiger partial charge >= 0.3 is 0 Å². The van der Waals surface area contributed by atoms with Crippen LogP contribution in [0.3, 0.4) is 0 Å². The fraction of sp³-hybridized carbons (Fsp3) is 0.308. The summed E-state index contributed by atoms with van der Waals surface area (Å²) in [5.41, 5.74) is 2.99. The number of carbonyl (C=O) groups excluding carboxylic acids is 1. The number of carbonyl (C=O) groups is 1. The van der Waals surface area contributed by atoms with Crippen LogP contribution in [0.5, 0.6) is 0 Å². The second kappa shape index (κ2) is 10.2. The van der Waals surface area contributed by atoms with Gasteiger partial charge in [-0.2, -0.15) is 9.97 Å². The van der Waals surface area contributed by atoms with Gasteiger partial charge in [-0.3, -0.25) is 4.79 Å². The van der Waals surface area contributed by atoms with E-state index in [-0.39, 0.29) is 17.2 Å². The molecule has 0 aliphatic heterocycles. The predicted molar refractivity (Wildman–Crippen MR) is 137 cm³/mol. The average molecular weight is 507 g/mol. The van der Waals surface area contributed by atoms with Crippen molar-refractivity contribution in [2.45, 2.75) is 50.1 Å². The van der Waals surface area contributed by atoms with Crippen molar-refractivity contribution in [2.75, 3.05) is 5.32 Å². The summed E-state index contributed by atoms with van der Waals surface area (Å²) in [5, 5.41) is 27.6. The summed E-state index contributed by atoms with van der Waals surface area (Å²) in [7, 11) is 0. The smallest absolute Gasteiger partial charge is 0.226 e. The Kier molecular flexibility index (Phi) is 6.86. The third kappa shape index (κ3) is 4.65. The third-order valence-corrected chi connectivity index (χ3v) is 6.79. The SMILES string of the molecule is CCC(=O)N[C@H]1C[C@@H](n2cnc3c(NC(c4ccccc4)c4ccccc4)nc(Cl)nc32)[C@H](O)[C@@H]1O. The largest absolute Gasteiger partial charge is 0.388 e. The summed E-state index contributed by atoms with van der Waals surface area (Å²) in [5.74, 6) is 0.262. The van der Waals surface area contributed by atoms with E-state index in [1.807, 2.05) is 60.7 Å². The Bertz CT molecular complexity index is 1310. The van der Waals surface area contributed by atoms with Gasteiger partial charge in [0.05, 0.1) is 24.5 Å². The molecule has 1 saturated carbocycles. The molecule has 4 atom stereocenters. The van der Waals surface area contributed by atoms with E-state index >= 15 is 0 Å². The van der Waals surface area contributed by atoms with Gasteiger partial charge in [0.25, 0.3) is 0 Å². The monoisotopic (exact) mass is 506 g/mol. The van der Waals surface area contributed by atoms with E-state index in [0.717, 1.165) is 11.1 Å². The number of nitrogens with one attached hydrogen (secondary N) is 2. The Morgan fingerprint density at radius 3 is 2.31 bits per heavy atom. The number of nitrogens with zero attached hydrogens (tertiary/aromatic N) is 4. The molecule has 4 N–H and O–H groups in total. The molecule has 1 aliphatic rings. The Morgan fingerprint density at radius 2 is 1.69 bits per heavy atom. The van der Waals surface area contributed by atoms with Crippen LogP contribution in [0.2, 0.25) is 5.28 Å². The summed E-state index contributed by atoms with van der Waals surface area (Å²) in [6.45, 7) is 1.74. The van der Waals surface area contributed by atoms with Gasteiger partial charge in [0, 0.05) is 6.42 Å². The van der Waals surface area contributed by atoms with Crippen molar-refractivity contribution in [3.63, 3.8) is 0 Å². The van der Waals surface area contributed by atoms with Crippen molar-refractivity contribution >= 4 is 34.5 Å². The second-order valence-electron chi connectivity index (χ2n) is 8.88. The highest BCUT2D eigenvalue weighted by Crippen LogP contribution is 2.35. The van der Waals surface area contributed by atoms with Gasteiger partial charge in [-0.15, -0.1) is 0 Å². The van der Waals surface area contributed by atoms with Crippen molar-refractivity contribution < 1.29 is 15.0 Å². The van der Waals surface area contributed by atoms with Crippen LogP contribution in [0.15, 0.2) is 67.0 Å². The number of benzene rings is 2. The molecule has 186 valence electrons. The minimum absolute atomic E-state index is 0.0236. The van der Waals surface area contributed by atoms with Crippen LogP contribution in [0, 0.1) is 0 Å². The Labute approximate surface area is 213 Å². The molecule has 0 radical (unpaired) electrons. The Balaban J connectivity index is 1.51. The maximum atomic E-state index is 11.9. The number of hydrogen-bond acceptors (Lipinski definition) is 7. The summed E-state index contributed by atoms with van der Waals surface area (Å²) in [6, 6.07) is 18.6. The number of aliphatic hydroxyl groups is 2. The van der Waals surface area contributed by atoms with Gasteiger partial charge in [-0.1, -0.05) is 67.6 Å². The summed E-state index contributed by atoms with van der Waals surface area (Å²) < 4.78 is 1.69. The quantitative estimate of drug-likeness (QED) is 0.283. The predicted octanol–water partition coefficient (Wildman–Crippen LogP) is 3.24. The molecule has 10 heteroatoms. The number of amides is 1. The fourth-order valence-corrected chi connectivity index (χ4v) is 4.92. The minimum Gasteiger partial charge on any atom is -0.388 e. The molecule has 2 heterocycles. The zero-order chi connectivity index (χ0) is 25.2. The van der Waals surface area contributed by atoms with Gasteiger partial charge in [0.15, 0.2) is 17.0 Å². The van der Waals surface area contributed by atoms with Crippen molar-refractivity contribution in [3.8, 4) is 0 Å². The van der Waals surface area contributed by atoms with Crippen LogP contribution in [0.1, 0.15) is 43.0 Å². The summed E-state index contributed by atoms with van der Waals surface area (Å²) in [6.07, 6.45) is -0.0548. The molecule has 0 unspecified atom stereocenters. The number of anilines is 1. The highest BCUT2D eigenvalue weighted by atomic mass is 35.5. The molecule has 1 fully saturated rings. The zero-order valence-corrected chi connectivity index (χ0v) is 20.4. The number of aliphatic hydroxyl groups excluding tert-OH is 2. The highest BCUT2D eigenvalue weighted by molar-refractivity contribution is 6.28. The number of aromatic nitrogens is 4. The van der Waals surface area contributed by atoms with E-state index in [1.54, 1.807) is 17.8 Å². The lowest BCUT2D eigenvalue weighted by Crippen LogP contribution is -2.42. The lowest BCUT2D eigenvalue weighted by molar-refractivity contribution is -0.122. The molecule has 5 rings (SSSR count). The standard InChI is InChI=1S/C26H27ClN6O3/c1-2-19(34)29-17-13-18(23(36)22(17)35)33-14-28-21-24(31-26(27)32-25(21)33)30-20(15-9-5-3-6-10-15)16-11-7-4-8-12-16/h3-12,14,17-18,20,22-23,35-36H,2,13H2,1H3,(H,29,34)(H,30,31,32)/t17-,18+,22+,23-/m0/s1. The first-order chi connectivity index (χ1) is 17.5.